The van der Waals surface area contributed by atoms with Gasteiger partial charge >= 0.3 is 0 Å². The Kier molecular flexibility index (Phi) is 3.96. The largest absolute Gasteiger partial charge is 0.322 e. The zero-order valence-electron chi connectivity index (χ0n) is 12.2. The van der Waals surface area contributed by atoms with Gasteiger partial charge in [-0.2, -0.15) is 0 Å². The maximum atomic E-state index is 12.3. The van der Waals surface area contributed by atoms with Gasteiger partial charge in [-0.3, -0.25) is 9.36 Å². The molecule has 0 aliphatic heterocycles. The highest BCUT2D eigenvalue weighted by atomic mass is 16.1. The number of hydrogen-bond donors (Lipinski definition) is 1. The number of carbonyl (C=O) groups is 1. The minimum atomic E-state index is -0.140. The average molecular weight is 292 g/mol. The van der Waals surface area contributed by atoms with Crippen molar-refractivity contribution in [2.45, 2.75) is 13.3 Å². The molecule has 1 N–H and O–H groups in total. The predicted molar refractivity (Wildman–Crippen MR) is 85.1 cm³/mol. The minimum absolute atomic E-state index is 0.140. The fourth-order valence-electron chi connectivity index (χ4n) is 2.17. The molecule has 0 atom stereocenters. The molecule has 0 aliphatic carbocycles. The van der Waals surface area contributed by atoms with Crippen LogP contribution in [-0.4, -0.2) is 20.7 Å². The molecule has 0 fully saturated rings. The van der Waals surface area contributed by atoms with E-state index in [-0.39, 0.29) is 5.91 Å². The summed E-state index contributed by atoms with van der Waals surface area (Å²) in [5.74, 6) is -0.140. The second-order valence-corrected chi connectivity index (χ2v) is 4.92. The first-order valence-corrected chi connectivity index (χ1v) is 7.11. The van der Waals surface area contributed by atoms with Crippen molar-refractivity contribution in [3.05, 3.63) is 72.3 Å². The van der Waals surface area contributed by atoms with Gasteiger partial charge in [-0.25, -0.2) is 0 Å². The van der Waals surface area contributed by atoms with Crippen LogP contribution in [-0.2, 0) is 6.42 Å². The maximum absolute atomic E-state index is 12.3. The number of aromatic nitrogens is 3. The zero-order valence-corrected chi connectivity index (χ0v) is 12.2. The van der Waals surface area contributed by atoms with Gasteiger partial charge < -0.3 is 5.32 Å². The Morgan fingerprint density at radius 2 is 1.82 bits per heavy atom. The highest BCUT2D eigenvalue weighted by Crippen LogP contribution is 2.14. The molecule has 1 aromatic heterocycles. The molecule has 0 radical (unpaired) electrons. The van der Waals surface area contributed by atoms with Gasteiger partial charge in [0.2, 0.25) is 0 Å². The lowest BCUT2D eigenvalue weighted by Crippen LogP contribution is -2.12. The van der Waals surface area contributed by atoms with Crippen LogP contribution in [0.5, 0.6) is 0 Å². The van der Waals surface area contributed by atoms with Crippen molar-refractivity contribution in [1.29, 1.82) is 0 Å². The highest BCUT2D eigenvalue weighted by Gasteiger charge is 2.07. The fourth-order valence-corrected chi connectivity index (χ4v) is 2.17. The van der Waals surface area contributed by atoms with Crippen LogP contribution in [0.3, 0.4) is 0 Å². The number of aryl methyl sites for hydroxylation is 1. The lowest BCUT2D eigenvalue weighted by molar-refractivity contribution is 0.102. The summed E-state index contributed by atoms with van der Waals surface area (Å²) in [6, 6.07) is 15.2. The quantitative estimate of drug-likeness (QED) is 0.804. The first kappa shape index (κ1) is 14.0. The molecule has 0 aliphatic rings. The summed E-state index contributed by atoms with van der Waals surface area (Å²) in [6.45, 7) is 2.10. The van der Waals surface area contributed by atoms with Gasteiger partial charge in [0.1, 0.15) is 12.7 Å². The van der Waals surface area contributed by atoms with Crippen molar-refractivity contribution in [2.75, 3.05) is 5.32 Å². The van der Waals surface area contributed by atoms with Crippen LogP contribution < -0.4 is 5.32 Å². The van der Waals surface area contributed by atoms with E-state index in [1.165, 1.54) is 5.56 Å². The molecule has 0 saturated carbocycles. The van der Waals surface area contributed by atoms with E-state index in [0.717, 1.165) is 17.8 Å². The van der Waals surface area contributed by atoms with Gasteiger partial charge in [-0.1, -0.05) is 25.1 Å². The van der Waals surface area contributed by atoms with Gasteiger partial charge in [0.15, 0.2) is 0 Å². The molecular weight excluding hydrogens is 276 g/mol. The zero-order chi connectivity index (χ0) is 15.4. The average Bonchev–Trinajstić information content (AvgIpc) is 3.10. The molecule has 0 saturated heterocycles. The molecule has 3 rings (SSSR count). The number of anilines is 1. The van der Waals surface area contributed by atoms with Gasteiger partial charge in [0, 0.05) is 16.9 Å². The minimum Gasteiger partial charge on any atom is -0.322 e. The molecule has 5 nitrogen and oxygen atoms in total. The summed E-state index contributed by atoms with van der Waals surface area (Å²) in [6.07, 6.45) is 4.18. The number of hydrogen-bond acceptors (Lipinski definition) is 3. The lowest BCUT2D eigenvalue weighted by atomic mass is 10.1. The van der Waals surface area contributed by atoms with Crippen LogP contribution >= 0.6 is 0 Å². The Morgan fingerprint density at radius 3 is 2.50 bits per heavy atom. The van der Waals surface area contributed by atoms with Gasteiger partial charge in [-0.05, 0) is 42.3 Å². The smallest absolute Gasteiger partial charge is 0.255 e. The van der Waals surface area contributed by atoms with E-state index < -0.39 is 0 Å². The standard InChI is InChI=1S/C17H16N4O/c1-2-13-6-8-15(9-7-13)20-17(22)14-4-3-5-16(10-14)21-11-18-19-12-21/h3-12H,2H2,1H3,(H,20,22). The third-order valence-corrected chi connectivity index (χ3v) is 3.45. The van der Waals surface area contributed by atoms with Crippen LogP contribution in [0.1, 0.15) is 22.8 Å². The van der Waals surface area contributed by atoms with Gasteiger partial charge in [-0.15, -0.1) is 10.2 Å². The van der Waals surface area contributed by atoms with Crippen LogP contribution in [0.4, 0.5) is 5.69 Å². The Balaban J connectivity index is 1.78. The normalized spacial score (nSPS) is 10.4. The first-order chi connectivity index (χ1) is 10.8. The number of benzene rings is 2. The maximum Gasteiger partial charge on any atom is 0.255 e. The van der Waals surface area contributed by atoms with E-state index in [1.54, 1.807) is 29.4 Å². The van der Waals surface area contributed by atoms with Crippen molar-refractivity contribution in [3.8, 4) is 5.69 Å². The van der Waals surface area contributed by atoms with Crippen molar-refractivity contribution >= 4 is 11.6 Å². The van der Waals surface area contributed by atoms with Gasteiger partial charge in [0.25, 0.3) is 5.91 Å². The topological polar surface area (TPSA) is 59.8 Å². The van der Waals surface area contributed by atoms with Crippen molar-refractivity contribution in [1.82, 2.24) is 14.8 Å². The fraction of sp³-hybridized carbons (Fsp3) is 0.118. The molecule has 22 heavy (non-hydrogen) atoms. The Labute approximate surface area is 128 Å². The van der Waals surface area contributed by atoms with E-state index >= 15 is 0 Å². The molecular formula is C17H16N4O. The molecule has 3 aromatic rings. The first-order valence-electron chi connectivity index (χ1n) is 7.11. The van der Waals surface area contributed by atoms with Crippen LogP contribution in [0.2, 0.25) is 0 Å². The van der Waals surface area contributed by atoms with Crippen molar-refractivity contribution < 1.29 is 4.79 Å². The monoisotopic (exact) mass is 292 g/mol. The van der Waals surface area contributed by atoms with Crippen molar-refractivity contribution in [3.63, 3.8) is 0 Å². The number of nitrogens with zero attached hydrogens (tertiary/aromatic N) is 3. The molecule has 0 unspecified atom stereocenters. The second kappa shape index (κ2) is 6.22. The molecule has 1 heterocycles. The summed E-state index contributed by atoms with van der Waals surface area (Å²) in [5, 5.41) is 10.4. The van der Waals surface area contributed by atoms with E-state index in [1.807, 2.05) is 36.4 Å². The number of amides is 1. The second-order valence-electron chi connectivity index (χ2n) is 4.92. The van der Waals surface area contributed by atoms with E-state index in [0.29, 0.717) is 5.56 Å². The van der Waals surface area contributed by atoms with Crippen LogP contribution in [0.15, 0.2) is 61.2 Å². The number of rotatable bonds is 4. The Bertz CT molecular complexity index is 764. The molecule has 0 spiro atoms. The third-order valence-electron chi connectivity index (χ3n) is 3.45. The molecule has 2 aromatic carbocycles. The number of carbonyl (C=O) groups excluding carboxylic acids is 1. The summed E-state index contributed by atoms with van der Waals surface area (Å²) in [4.78, 5) is 12.3. The Hall–Kier alpha value is -2.95. The summed E-state index contributed by atoms with van der Waals surface area (Å²) < 4.78 is 1.76. The van der Waals surface area contributed by atoms with Crippen LogP contribution in [0, 0.1) is 0 Å². The van der Waals surface area contributed by atoms with Gasteiger partial charge in [0.05, 0.1) is 0 Å². The summed E-state index contributed by atoms with van der Waals surface area (Å²) in [7, 11) is 0. The molecule has 5 heteroatoms. The lowest BCUT2D eigenvalue weighted by Gasteiger charge is -2.08. The van der Waals surface area contributed by atoms with Crippen LogP contribution in [0.25, 0.3) is 5.69 Å². The number of nitrogens with one attached hydrogen (secondary N) is 1. The van der Waals surface area contributed by atoms with E-state index in [9.17, 15) is 4.79 Å². The molecule has 1 amide bonds. The Morgan fingerprint density at radius 1 is 1.09 bits per heavy atom. The SMILES string of the molecule is CCc1ccc(NC(=O)c2cccc(-n3cnnc3)c2)cc1. The van der Waals surface area contributed by atoms with Crippen molar-refractivity contribution in [2.24, 2.45) is 0 Å². The van der Waals surface area contributed by atoms with E-state index in [4.69, 9.17) is 0 Å². The molecule has 0 bridgehead atoms. The summed E-state index contributed by atoms with van der Waals surface area (Å²) in [5.41, 5.74) is 3.47. The van der Waals surface area contributed by atoms with E-state index in [2.05, 4.69) is 22.4 Å². The molecule has 110 valence electrons. The summed E-state index contributed by atoms with van der Waals surface area (Å²) >= 11 is 0. The third kappa shape index (κ3) is 3.03. The highest BCUT2D eigenvalue weighted by molar-refractivity contribution is 6.04. The predicted octanol–water partition coefficient (Wildman–Crippen LogP) is 3.08.